The second kappa shape index (κ2) is 9.27. The summed E-state index contributed by atoms with van der Waals surface area (Å²) in [7, 11) is 0. The van der Waals surface area contributed by atoms with Crippen molar-refractivity contribution in [3.63, 3.8) is 0 Å². The average Bonchev–Trinajstić information content (AvgIpc) is 2.79. The lowest BCUT2D eigenvalue weighted by molar-refractivity contribution is 0.585. The minimum Gasteiger partial charge on any atom is -0.0917 e. The van der Waals surface area contributed by atoms with Gasteiger partial charge in [-0.15, -0.1) is 0 Å². The van der Waals surface area contributed by atoms with Crippen LogP contribution in [0.25, 0.3) is 11.1 Å². The normalized spacial score (nSPS) is 16.1. The van der Waals surface area contributed by atoms with E-state index in [0.717, 1.165) is 19.3 Å². The van der Waals surface area contributed by atoms with E-state index in [4.69, 9.17) is 0 Å². The number of rotatable bonds is 6. The lowest BCUT2D eigenvalue weighted by Crippen LogP contribution is -2.13. The Bertz CT molecular complexity index is 958. The molecule has 0 N–H and O–H groups in total. The molecule has 148 valence electrons. The Morgan fingerprint density at radius 3 is 2.28 bits per heavy atom. The Hall–Kier alpha value is -2.60. The molecule has 3 aromatic carbocycles. The van der Waals surface area contributed by atoms with Crippen LogP contribution in [-0.4, -0.2) is 0 Å². The molecule has 0 heteroatoms. The summed E-state index contributed by atoms with van der Waals surface area (Å²) in [5, 5.41) is 0. The van der Waals surface area contributed by atoms with E-state index < -0.39 is 0 Å². The van der Waals surface area contributed by atoms with Gasteiger partial charge in [-0.1, -0.05) is 85.8 Å². The van der Waals surface area contributed by atoms with E-state index in [0.29, 0.717) is 5.92 Å². The van der Waals surface area contributed by atoms with Crippen LogP contribution in [0.4, 0.5) is 0 Å². The molecule has 0 saturated carbocycles. The monoisotopic (exact) mass is 380 g/mol. The topological polar surface area (TPSA) is 0 Å². The maximum atomic E-state index is 2.43. The van der Waals surface area contributed by atoms with E-state index in [9.17, 15) is 0 Å². The van der Waals surface area contributed by atoms with Crippen LogP contribution in [0.3, 0.4) is 0 Å². The lowest BCUT2D eigenvalue weighted by Gasteiger charge is -2.26. The van der Waals surface area contributed by atoms with Crippen LogP contribution in [0.15, 0.2) is 78.9 Å². The van der Waals surface area contributed by atoms with Gasteiger partial charge < -0.3 is 0 Å². The summed E-state index contributed by atoms with van der Waals surface area (Å²) in [5.74, 6) is 0.654. The zero-order valence-electron chi connectivity index (χ0n) is 17.8. The van der Waals surface area contributed by atoms with Crippen LogP contribution >= 0.6 is 0 Å². The van der Waals surface area contributed by atoms with Crippen LogP contribution in [0.5, 0.6) is 0 Å². The molecule has 3 aromatic rings. The van der Waals surface area contributed by atoms with Crippen molar-refractivity contribution in [3.8, 4) is 11.1 Å². The molecule has 0 radical (unpaired) electrons. The highest BCUT2D eigenvalue weighted by Gasteiger charge is 2.20. The molecule has 0 amide bonds. The van der Waals surface area contributed by atoms with E-state index in [-0.39, 0.29) is 0 Å². The molecule has 1 atom stereocenters. The number of aryl methyl sites for hydroxylation is 3. The summed E-state index contributed by atoms with van der Waals surface area (Å²) in [6.07, 6.45) is 11.4. The smallest absolute Gasteiger partial charge is 0.0118 e. The van der Waals surface area contributed by atoms with Gasteiger partial charge in [0, 0.05) is 0 Å². The number of hydrogen-bond acceptors (Lipinski definition) is 0. The van der Waals surface area contributed by atoms with E-state index in [2.05, 4.69) is 92.7 Å². The minimum absolute atomic E-state index is 0.654. The van der Waals surface area contributed by atoms with Crippen molar-refractivity contribution >= 4 is 0 Å². The Morgan fingerprint density at radius 2 is 1.55 bits per heavy atom. The number of benzene rings is 3. The molecule has 4 rings (SSSR count). The van der Waals surface area contributed by atoms with Gasteiger partial charge in [0.05, 0.1) is 0 Å². The van der Waals surface area contributed by atoms with Gasteiger partial charge in [-0.3, -0.25) is 0 Å². The maximum absolute atomic E-state index is 2.43. The van der Waals surface area contributed by atoms with Gasteiger partial charge in [-0.05, 0) is 90.3 Å². The molecule has 0 spiro atoms. The van der Waals surface area contributed by atoms with Crippen molar-refractivity contribution in [1.29, 1.82) is 0 Å². The lowest BCUT2D eigenvalue weighted by atomic mass is 9.79. The van der Waals surface area contributed by atoms with Gasteiger partial charge in [0.2, 0.25) is 0 Å². The fourth-order valence-corrected chi connectivity index (χ4v) is 4.53. The molecular weight excluding hydrogens is 348 g/mol. The van der Waals surface area contributed by atoms with Crippen LogP contribution in [0.1, 0.15) is 60.4 Å². The summed E-state index contributed by atoms with van der Waals surface area (Å²) in [6, 6.07) is 25.6. The first-order valence-electron chi connectivity index (χ1n) is 11.2. The van der Waals surface area contributed by atoms with Crippen molar-refractivity contribution in [1.82, 2.24) is 0 Å². The quantitative estimate of drug-likeness (QED) is 0.384. The molecule has 0 aliphatic heterocycles. The van der Waals surface area contributed by atoms with Gasteiger partial charge >= 0.3 is 0 Å². The molecule has 0 aromatic heterocycles. The first-order valence-corrected chi connectivity index (χ1v) is 11.2. The van der Waals surface area contributed by atoms with Crippen molar-refractivity contribution in [3.05, 3.63) is 107 Å². The second-order valence-electron chi connectivity index (χ2n) is 8.32. The van der Waals surface area contributed by atoms with Gasteiger partial charge in [0.15, 0.2) is 0 Å². The molecule has 0 nitrogen and oxygen atoms in total. The Morgan fingerprint density at radius 1 is 0.828 bits per heavy atom. The van der Waals surface area contributed by atoms with Crippen molar-refractivity contribution in [2.75, 3.05) is 0 Å². The standard InChI is InChI=1S/C29H32/c1-3-5-6-7-23-10-14-25(15-11-23)27-17-19-28-20-26(16-18-29(28)21-27)24-12-8-22(4-2)9-13-24/h3,5,8-16,18,20,27H,4,6-7,17,19,21H2,1-2H3/b5-3+. The SMILES string of the molecule is C/C=C/CCc1ccc(C2CCc3cc(-c4ccc(CC)cc4)ccc3C2)cc1. The third-order valence-electron chi connectivity index (χ3n) is 6.42. The molecule has 0 fully saturated rings. The molecule has 1 aliphatic carbocycles. The Labute approximate surface area is 176 Å². The summed E-state index contributed by atoms with van der Waals surface area (Å²) in [5.41, 5.74) is 10.1. The van der Waals surface area contributed by atoms with Crippen LogP contribution < -0.4 is 0 Å². The van der Waals surface area contributed by atoms with Crippen LogP contribution in [0.2, 0.25) is 0 Å². The fraction of sp³-hybridized carbons (Fsp3) is 0.310. The molecular formula is C29H32. The van der Waals surface area contributed by atoms with E-state index >= 15 is 0 Å². The molecule has 0 bridgehead atoms. The van der Waals surface area contributed by atoms with Gasteiger partial charge in [-0.25, -0.2) is 0 Å². The highest BCUT2D eigenvalue weighted by atomic mass is 14.2. The van der Waals surface area contributed by atoms with Crippen molar-refractivity contribution in [2.45, 2.75) is 58.3 Å². The zero-order chi connectivity index (χ0) is 20.1. The van der Waals surface area contributed by atoms with Gasteiger partial charge in [0.1, 0.15) is 0 Å². The fourth-order valence-electron chi connectivity index (χ4n) is 4.53. The summed E-state index contributed by atoms with van der Waals surface area (Å²) in [6.45, 7) is 4.30. The third-order valence-corrected chi connectivity index (χ3v) is 6.42. The summed E-state index contributed by atoms with van der Waals surface area (Å²) < 4.78 is 0. The Kier molecular flexibility index (Phi) is 6.30. The van der Waals surface area contributed by atoms with E-state index in [1.807, 2.05) is 0 Å². The minimum atomic E-state index is 0.654. The predicted octanol–water partition coefficient (Wildman–Crippen LogP) is 7.70. The first kappa shape index (κ1) is 19.7. The maximum Gasteiger partial charge on any atom is -0.0118 e. The predicted molar refractivity (Wildman–Crippen MR) is 126 cm³/mol. The van der Waals surface area contributed by atoms with Crippen molar-refractivity contribution in [2.24, 2.45) is 0 Å². The van der Waals surface area contributed by atoms with E-state index in [1.165, 1.54) is 52.6 Å². The summed E-state index contributed by atoms with van der Waals surface area (Å²) in [4.78, 5) is 0. The van der Waals surface area contributed by atoms with Crippen LogP contribution in [-0.2, 0) is 25.7 Å². The zero-order valence-corrected chi connectivity index (χ0v) is 17.8. The molecule has 29 heavy (non-hydrogen) atoms. The molecule has 0 saturated heterocycles. The van der Waals surface area contributed by atoms with Crippen LogP contribution in [0, 0.1) is 0 Å². The number of allylic oxidation sites excluding steroid dienone is 2. The van der Waals surface area contributed by atoms with E-state index in [1.54, 1.807) is 5.56 Å². The largest absolute Gasteiger partial charge is 0.0917 e. The number of hydrogen-bond donors (Lipinski definition) is 0. The first-order chi connectivity index (χ1) is 14.3. The van der Waals surface area contributed by atoms with Gasteiger partial charge in [0.25, 0.3) is 0 Å². The third kappa shape index (κ3) is 4.70. The molecule has 1 aliphatic rings. The average molecular weight is 381 g/mol. The van der Waals surface area contributed by atoms with Crippen molar-refractivity contribution < 1.29 is 0 Å². The molecule has 0 heterocycles. The number of fused-ring (bicyclic) bond motifs is 1. The molecule has 1 unspecified atom stereocenters. The highest BCUT2D eigenvalue weighted by Crippen LogP contribution is 2.35. The van der Waals surface area contributed by atoms with Gasteiger partial charge in [-0.2, -0.15) is 0 Å². The summed E-state index contributed by atoms with van der Waals surface area (Å²) >= 11 is 0. The Balaban J connectivity index is 1.46. The highest BCUT2D eigenvalue weighted by molar-refractivity contribution is 5.65. The second-order valence-corrected chi connectivity index (χ2v) is 8.32.